The number of benzene rings is 1. The van der Waals surface area contributed by atoms with Gasteiger partial charge in [-0.2, -0.15) is 0 Å². The van der Waals surface area contributed by atoms with Gasteiger partial charge in [0.05, 0.1) is 10.6 Å². The summed E-state index contributed by atoms with van der Waals surface area (Å²) in [7, 11) is 0.147. The zero-order valence-corrected chi connectivity index (χ0v) is 12.9. The van der Waals surface area contributed by atoms with Crippen molar-refractivity contribution < 1.29 is 13.3 Å². The van der Waals surface area contributed by atoms with E-state index in [1.807, 2.05) is 19.0 Å². The lowest BCUT2D eigenvalue weighted by molar-refractivity contribution is -0.384. The average molecular weight is 316 g/mol. The molecule has 0 saturated carbocycles. The van der Waals surface area contributed by atoms with Crippen LogP contribution in [0.25, 0.3) is 0 Å². The van der Waals surface area contributed by atoms with Gasteiger partial charge in [0.25, 0.3) is 5.69 Å². The number of nitrogen functional groups attached to an aromatic ring is 1. The molecule has 0 atom stereocenters. The molecule has 0 radical (unpaired) electrons. The average Bonchev–Trinajstić information content (AvgIpc) is 2.37. The van der Waals surface area contributed by atoms with Crippen molar-refractivity contribution in [2.45, 2.75) is 17.7 Å². The third-order valence-electron chi connectivity index (χ3n) is 2.82. The fraction of sp³-hybridized carbons (Fsp3) is 0.500. The van der Waals surface area contributed by atoms with Crippen LogP contribution >= 0.6 is 0 Å². The van der Waals surface area contributed by atoms with Gasteiger partial charge in [-0.05, 0) is 39.5 Å². The highest BCUT2D eigenvalue weighted by atomic mass is 32.2. The Labute approximate surface area is 124 Å². The number of nitro benzene ring substituents is 1. The third kappa shape index (κ3) is 5.29. The molecule has 3 N–H and O–H groups in total. The lowest BCUT2D eigenvalue weighted by atomic mass is 10.3. The van der Waals surface area contributed by atoms with Crippen LogP contribution in [0.1, 0.15) is 12.8 Å². The molecule has 1 rings (SSSR count). The van der Waals surface area contributed by atoms with Crippen molar-refractivity contribution in [2.24, 2.45) is 0 Å². The molecule has 0 heterocycles. The molecule has 21 heavy (non-hydrogen) atoms. The van der Waals surface area contributed by atoms with Crippen LogP contribution < -0.4 is 10.5 Å². The number of rotatable bonds is 8. The molecular formula is C12H20N4O4S. The van der Waals surface area contributed by atoms with Crippen LogP contribution in [0, 0.1) is 10.1 Å². The number of non-ortho nitro benzene ring substituents is 1. The molecular weight excluding hydrogens is 296 g/mol. The normalized spacial score (nSPS) is 11.8. The minimum absolute atomic E-state index is 0.134. The second-order valence-electron chi connectivity index (χ2n) is 4.89. The summed E-state index contributed by atoms with van der Waals surface area (Å²) in [5.41, 5.74) is 5.21. The quantitative estimate of drug-likeness (QED) is 0.317. The molecule has 118 valence electrons. The van der Waals surface area contributed by atoms with Gasteiger partial charge in [0.15, 0.2) is 0 Å². The lowest BCUT2D eigenvalue weighted by Crippen LogP contribution is -2.26. The molecule has 8 nitrogen and oxygen atoms in total. The number of nitrogens with two attached hydrogens (primary N) is 1. The zero-order chi connectivity index (χ0) is 16.0. The van der Waals surface area contributed by atoms with Crippen LogP contribution in [0.3, 0.4) is 0 Å². The molecule has 1 aromatic rings. The van der Waals surface area contributed by atoms with Gasteiger partial charge in [-0.1, -0.05) is 0 Å². The van der Waals surface area contributed by atoms with Gasteiger partial charge in [0, 0.05) is 18.7 Å². The molecule has 0 aliphatic carbocycles. The maximum Gasteiger partial charge on any atom is 0.271 e. The van der Waals surface area contributed by atoms with Crippen molar-refractivity contribution in [3.63, 3.8) is 0 Å². The number of sulfonamides is 1. The predicted molar refractivity (Wildman–Crippen MR) is 80.5 cm³/mol. The lowest BCUT2D eigenvalue weighted by Gasteiger charge is -2.11. The highest BCUT2D eigenvalue weighted by Gasteiger charge is 2.19. The van der Waals surface area contributed by atoms with Crippen LogP contribution in [-0.4, -0.2) is 45.4 Å². The highest BCUT2D eigenvalue weighted by Crippen LogP contribution is 2.23. The van der Waals surface area contributed by atoms with Gasteiger partial charge in [0.2, 0.25) is 10.0 Å². The van der Waals surface area contributed by atoms with E-state index in [9.17, 15) is 18.5 Å². The Morgan fingerprint density at radius 3 is 2.52 bits per heavy atom. The summed E-state index contributed by atoms with van der Waals surface area (Å²) in [6.45, 7) is 1.17. The minimum atomic E-state index is -3.75. The Kier molecular flexibility index (Phi) is 6.06. The number of nitrogens with one attached hydrogen (secondary N) is 1. The van der Waals surface area contributed by atoms with Crippen molar-refractivity contribution in [2.75, 3.05) is 32.9 Å². The van der Waals surface area contributed by atoms with E-state index in [2.05, 4.69) is 4.72 Å². The number of nitrogens with zero attached hydrogens (tertiary/aromatic N) is 2. The van der Waals surface area contributed by atoms with Crippen molar-refractivity contribution in [3.05, 3.63) is 28.3 Å². The number of anilines is 1. The number of nitro groups is 1. The number of hydrogen-bond donors (Lipinski definition) is 2. The molecule has 0 saturated heterocycles. The van der Waals surface area contributed by atoms with Gasteiger partial charge in [0.1, 0.15) is 4.90 Å². The van der Waals surface area contributed by atoms with Gasteiger partial charge in [-0.3, -0.25) is 10.1 Å². The molecule has 0 aliphatic rings. The Morgan fingerprint density at radius 2 is 2.00 bits per heavy atom. The Balaban J connectivity index is 2.68. The SMILES string of the molecule is CN(C)CCCCNS(=O)(=O)c1ccc([N+](=O)[O-])cc1N. The number of hydrogen-bond acceptors (Lipinski definition) is 6. The first kappa shape index (κ1) is 17.3. The molecule has 0 unspecified atom stereocenters. The first-order chi connectivity index (χ1) is 9.74. The Bertz CT molecular complexity index is 601. The van der Waals surface area contributed by atoms with Crippen molar-refractivity contribution in [1.29, 1.82) is 0 Å². The fourth-order valence-corrected chi connectivity index (χ4v) is 2.92. The second kappa shape index (κ2) is 7.34. The van der Waals surface area contributed by atoms with E-state index in [0.717, 1.165) is 31.2 Å². The van der Waals surface area contributed by atoms with Crippen molar-refractivity contribution in [1.82, 2.24) is 9.62 Å². The van der Waals surface area contributed by atoms with E-state index in [0.29, 0.717) is 13.0 Å². The standard InChI is InChI=1S/C12H20N4O4S/c1-15(2)8-4-3-7-14-21(19,20)12-6-5-10(16(17)18)9-11(12)13/h5-6,9,14H,3-4,7-8,13H2,1-2H3. The first-order valence-electron chi connectivity index (χ1n) is 6.42. The van der Waals surface area contributed by atoms with Gasteiger partial charge in [-0.15, -0.1) is 0 Å². The second-order valence-corrected chi connectivity index (χ2v) is 6.62. The van der Waals surface area contributed by atoms with E-state index in [-0.39, 0.29) is 16.3 Å². The fourth-order valence-electron chi connectivity index (χ4n) is 1.73. The molecule has 0 bridgehead atoms. The molecule has 9 heteroatoms. The maximum absolute atomic E-state index is 12.1. The van der Waals surface area contributed by atoms with Crippen LogP contribution in [0.15, 0.2) is 23.1 Å². The molecule has 0 amide bonds. The molecule has 0 aliphatic heterocycles. The third-order valence-corrected chi connectivity index (χ3v) is 4.35. The highest BCUT2D eigenvalue weighted by molar-refractivity contribution is 7.89. The van der Waals surface area contributed by atoms with Crippen molar-refractivity contribution in [3.8, 4) is 0 Å². The van der Waals surface area contributed by atoms with E-state index in [4.69, 9.17) is 5.73 Å². The van der Waals surface area contributed by atoms with Crippen LogP contribution in [0.4, 0.5) is 11.4 Å². The summed E-state index contributed by atoms with van der Waals surface area (Å²) in [5, 5.41) is 10.6. The minimum Gasteiger partial charge on any atom is -0.397 e. The summed E-state index contributed by atoms with van der Waals surface area (Å²) in [5.74, 6) is 0. The van der Waals surface area contributed by atoms with E-state index >= 15 is 0 Å². The Morgan fingerprint density at radius 1 is 1.33 bits per heavy atom. The largest absolute Gasteiger partial charge is 0.397 e. The summed E-state index contributed by atoms with van der Waals surface area (Å²) in [6.07, 6.45) is 1.57. The summed E-state index contributed by atoms with van der Waals surface area (Å²) >= 11 is 0. The van der Waals surface area contributed by atoms with Crippen LogP contribution in [-0.2, 0) is 10.0 Å². The zero-order valence-electron chi connectivity index (χ0n) is 12.1. The summed E-state index contributed by atoms with van der Waals surface area (Å²) in [6, 6.07) is 3.31. The monoisotopic (exact) mass is 316 g/mol. The molecule has 1 aromatic carbocycles. The molecule has 0 fully saturated rings. The van der Waals surface area contributed by atoms with Crippen molar-refractivity contribution >= 4 is 21.4 Å². The first-order valence-corrected chi connectivity index (χ1v) is 7.90. The van der Waals surface area contributed by atoms with Gasteiger partial charge in [-0.25, -0.2) is 13.1 Å². The van der Waals surface area contributed by atoms with E-state index in [1.54, 1.807) is 0 Å². The maximum atomic E-state index is 12.1. The number of unbranched alkanes of at least 4 members (excludes halogenated alkanes) is 1. The van der Waals surface area contributed by atoms with Crippen LogP contribution in [0.5, 0.6) is 0 Å². The summed E-state index contributed by atoms with van der Waals surface area (Å²) in [4.78, 5) is 11.8. The molecule has 0 spiro atoms. The summed E-state index contributed by atoms with van der Waals surface area (Å²) < 4.78 is 26.6. The van der Waals surface area contributed by atoms with E-state index in [1.165, 1.54) is 0 Å². The predicted octanol–water partition coefficient (Wildman–Crippen LogP) is 0.797. The topological polar surface area (TPSA) is 119 Å². The molecule has 0 aromatic heterocycles. The smallest absolute Gasteiger partial charge is 0.271 e. The van der Waals surface area contributed by atoms with Crippen LogP contribution in [0.2, 0.25) is 0 Å². The van der Waals surface area contributed by atoms with Gasteiger partial charge < -0.3 is 10.6 Å². The Hall–Kier alpha value is -1.71. The van der Waals surface area contributed by atoms with Gasteiger partial charge >= 0.3 is 0 Å². The van der Waals surface area contributed by atoms with E-state index < -0.39 is 14.9 Å².